The molecule has 1 aromatic carbocycles. The van der Waals surface area contributed by atoms with Crippen molar-refractivity contribution in [3.8, 4) is 0 Å². The van der Waals surface area contributed by atoms with Gasteiger partial charge in [0.1, 0.15) is 0 Å². The Morgan fingerprint density at radius 2 is 2.12 bits per heavy atom. The predicted molar refractivity (Wildman–Crippen MR) is 68.0 cm³/mol. The average Bonchev–Trinajstić information content (AvgIpc) is 3.14. The average molecular weight is 235 g/mol. The summed E-state index contributed by atoms with van der Waals surface area (Å²) in [5, 5.41) is 0. The minimum atomic E-state index is 0.491. The lowest BCUT2D eigenvalue weighted by Gasteiger charge is -2.14. The molecule has 1 aliphatic rings. The molecule has 2 rings (SSSR count). The molecule has 94 valence electrons. The second-order valence-electron chi connectivity index (χ2n) is 4.61. The van der Waals surface area contributed by atoms with E-state index in [4.69, 9.17) is 9.47 Å². The molecule has 0 spiro atoms. The first kappa shape index (κ1) is 12.6. The summed E-state index contributed by atoms with van der Waals surface area (Å²) in [7, 11) is 2.14. The lowest BCUT2D eigenvalue weighted by Crippen LogP contribution is -2.25. The summed E-state index contributed by atoms with van der Waals surface area (Å²) in [6.07, 6.45) is 1.57. The van der Waals surface area contributed by atoms with Crippen molar-refractivity contribution in [1.82, 2.24) is 4.90 Å². The molecule has 0 N–H and O–H groups in total. The van der Waals surface area contributed by atoms with Crippen LogP contribution < -0.4 is 0 Å². The molecule has 1 unspecified atom stereocenters. The second kappa shape index (κ2) is 6.74. The molecule has 0 bridgehead atoms. The molecule has 0 aliphatic carbocycles. The van der Waals surface area contributed by atoms with Crippen LogP contribution in [-0.2, 0) is 16.1 Å². The third-order valence-electron chi connectivity index (χ3n) is 2.86. The Bertz CT molecular complexity index is 311. The lowest BCUT2D eigenvalue weighted by atomic mass is 10.2. The molecule has 0 amide bonds. The molecule has 17 heavy (non-hydrogen) atoms. The largest absolute Gasteiger partial charge is 0.377 e. The first-order valence-corrected chi connectivity index (χ1v) is 6.26. The van der Waals surface area contributed by atoms with E-state index in [9.17, 15) is 0 Å². The van der Waals surface area contributed by atoms with Crippen molar-refractivity contribution >= 4 is 0 Å². The van der Waals surface area contributed by atoms with Crippen LogP contribution in [0.2, 0.25) is 0 Å². The van der Waals surface area contributed by atoms with E-state index < -0.39 is 0 Å². The first-order chi connectivity index (χ1) is 8.34. The van der Waals surface area contributed by atoms with Gasteiger partial charge in [-0.05, 0) is 19.0 Å². The monoisotopic (exact) mass is 235 g/mol. The fourth-order valence-electron chi connectivity index (χ4n) is 1.81. The van der Waals surface area contributed by atoms with Gasteiger partial charge < -0.3 is 14.4 Å². The number of hydrogen-bond donors (Lipinski definition) is 0. The summed E-state index contributed by atoms with van der Waals surface area (Å²) >= 11 is 0. The Labute approximate surface area is 103 Å². The maximum absolute atomic E-state index is 5.63. The zero-order valence-corrected chi connectivity index (χ0v) is 10.5. The highest BCUT2D eigenvalue weighted by atomic mass is 16.6. The van der Waals surface area contributed by atoms with E-state index in [0.717, 1.165) is 39.3 Å². The van der Waals surface area contributed by atoms with E-state index in [1.165, 1.54) is 5.56 Å². The predicted octanol–water partition coefficient (Wildman–Crippen LogP) is 1.92. The highest BCUT2D eigenvalue weighted by molar-refractivity contribution is 5.13. The Balaban J connectivity index is 1.48. The molecule has 1 saturated heterocycles. The van der Waals surface area contributed by atoms with Gasteiger partial charge >= 0.3 is 0 Å². The van der Waals surface area contributed by atoms with Crippen molar-refractivity contribution in [2.24, 2.45) is 0 Å². The molecule has 1 aromatic rings. The van der Waals surface area contributed by atoms with Crippen LogP contribution in [0.3, 0.4) is 0 Å². The Morgan fingerprint density at radius 1 is 1.35 bits per heavy atom. The molecular weight excluding hydrogens is 214 g/mol. The summed E-state index contributed by atoms with van der Waals surface area (Å²) in [6, 6.07) is 10.3. The van der Waals surface area contributed by atoms with Gasteiger partial charge in [0.15, 0.2) is 0 Å². The molecule has 3 nitrogen and oxygen atoms in total. The molecule has 1 fully saturated rings. The molecule has 1 heterocycles. The van der Waals surface area contributed by atoms with E-state index in [1.54, 1.807) is 0 Å². The molecule has 0 aromatic heterocycles. The van der Waals surface area contributed by atoms with E-state index in [-0.39, 0.29) is 0 Å². The topological polar surface area (TPSA) is 25.0 Å². The summed E-state index contributed by atoms with van der Waals surface area (Å²) in [6.45, 7) is 4.61. The molecule has 0 radical (unpaired) electrons. The van der Waals surface area contributed by atoms with Crippen molar-refractivity contribution in [2.45, 2.75) is 19.1 Å². The lowest BCUT2D eigenvalue weighted by molar-refractivity contribution is 0.110. The minimum absolute atomic E-state index is 0.491. The van der Waals surface area contributed by atoms with Gasteiger partial charge in [0.05, 0.1) is 19.3 Å². The summed E-state index contributed by atoms with van der Waals surface area (Å²) in [5.41, 5.74) is 1.24. The Kier molecular flexibility index (Phi) is 4.98. The fourth-order valence-corrected chi connectivity index (χ4v) is 1.81. The van der Waals surface area contributed by atoms with E-state index >= 15 is 0 Å². The summed E-state index contributed by atoms with van der Waals surface area (Å²) in [4.78, 5) is 2.31. The Morgan fingerprint density at radius 3 is 2.82 bits per heavy atom. The number of epoxide rings is 1. The van der Waals surface area contributed by atoms with Gasteiger partial charge in [-0.15, -0.1) is 0 Å². The van der Waals surface area contributed by atoms with E-state index in [1.807, 2.05) is 18.2 Å². The van der Waals surface area contributed by atoms with Crippen LogP contribution in [0.4, 0.5) is 0 Å². The smallest absolute Gasteiger partial charge is 0.0936 e. The number of nitrogens with zero attached hydrogens (tertiary/aromatic N) is 1. The zero-order chi connectivity index (χ0) is 11.9. The van der Waals surface area contributed by atoms with Gasteiger partial charge in [0.2, 0.25) is 0 Å². The molecule has 3 heteroatoms. The quantitative estimate of drug-likeness (QED) is 0.508. The zero-order valence-electron chi connectivity index (χ0n) is 10.5. The molecule has 0 saturated carbocycles. The Hall–Kier alpha value is -0.900. The fraction of sp³-hybridized carbons (Fsp3) is 0.571. The maximum atomic E-state index is 5.63. The van der Waals surface area contributed by atoms with Crippen LogP contribution in [0.15, 0.2) is 30.3 Å². The van der Waals surface area contributed by atoms with Gasteiger partial charge in [-0.3, -0.25) is 0 Å². The van der Waals surface area contributed by atoms with Crippen LogP contribution in [0.5, 0.6) is 0 Å². The molecular formula is C14H21NO2. The summed E-state index contributed by atoms with van der Waals surface area (Å²) in [5.74, 6) is 0. The van der Waals surface area contributed by atoms with Gasteiger partial charge in [0, 0.05) is 19.7 Å². The van der Waals surface area contributed by atoms with Crippen molar-refractivity contribution in [3.05, 3.63) is 35.9 Å². The molecule has 1 aliphatic heterocycles. The van der Waals surface area contributed by atoms with Crippen molar-refractivity contribution in [3.63, 3.8) is 0 Å². The normalized spacial score (nSPS) is 18.6. The van der Waals surface area contributed by atoms with Gasteiger partial charge in [-0.1, -0.05) is 30.3 Å². The van der Waals surface area contributed by atoms with Crippen molar-refractivity contribution in [2.75, 3.05) is 33.4 Å². The van der Waals surface area contributed by atoms with Crippen LogP contribution in [0, 0.1) is 0 Å². The van der Waals surface area contributed by atoms with Gasteiger partial charge in [0.25, 0.3) is 0 Å². The standard InChI is InChI=1S/C14H21NO2/c1-15(10-14-12-17-14)8-5-9-16-11-13-6-3-2-4-7-13/h2-4,6-7,14H,5,8-12H2,1H3. The minimum Gasteiger partial charge on any atom is -0.377 e. The highest BCUT2D eigenvalue weighted by Crippen LogP contribution is 2.09. The maximum Gasteiger partial charge on any atom is 0.0936 e. The third kappa shape index (κ3) is 5.31. The number of hydrogen-bond acceptors (Lipinski definition) is 3. The van der Waals surface area contributed by atoms with E-state index in [0.29, 0.717) is 6.10 Å². The van der Waals surface area contributed by atoms with Crippen LogP contribution in [0.25, 0.3) is 0 Å². The van der Waals surface area contributed by atoms with Crippen LogP contribution in [-0.4, -0.2) is 44.4 Å². The number of likely N-dealkylation sites (N-methyl/N-ethyl adjacent to an activating group) is 1. The number of benzene rings is 1. The van der Waals surface area contributed by atoms with Crippen molar-refractivity contribution in [1.29, 1.82) is 0 Å². The highest BCUT2D eigenvalue weighted by Gasteiger charge is 2.23. The van der Waals surface area contributed by atoms with Crippen LogP contribution >= 0.6 is 0 Å². The number of rotatable bonds is 8. The van der Waals surface area contributed by atoms with Crippen molar-refractivity contribution < 1.29 is 9.47 Å². The SMILES string of the molecule is CN(CCCOCc1ccccc1)CC1CO1. The van der Waals surface area contributed by atoms with Crippen LogP contribution in [0.1, 0.15) is 12.0 Å². The second-order valence-corrected chi connectivity index (χ2v) is 4.61. The van der Waals surface area contributed by atoms with E-state index in [2.05, 4.69) is 24.1 Å². The summed E-state index contributed by atoms with van der Waals surface area (Å²) < 4.78 is 10.8. The molecule has 1 atom stereocenters. The first-order valence-electron chi connectivity index (χ1n) is 6.26. The van der Waals surface area contributed by atoms with Gasteiger partial charge in [-0.2, -0.15) is 0 Å². The van der Waals surface area contributed by atoms with Gasteiger partial charge in [-0.25, -0.2) is 0 Å². The number of ether oxygens (including phenoxy) is 2. The third-order valence-corrected chi connectivity index (χ3v) is 2.86.